The number of hydrogen-bond donors (Lipinski definition) is 0. The third-order valence-electron chi connectivity index (χ3n) is 2.00. The van der Waals surface area contributed by atoms with Crippen LogP contribution in [-0.2, 0) is 11.3 Å². The van der Waals surface area contributed by atoms with E-state index in [0.717, 1.165) is 12.4 Å². The van der Waals surface area contributed by atoms with Gasteiger partial charge in [0.05, 0.1) is 23.7 Å². The zero-order chi connectivity index (χ0) is 13.0. The van der Waals surface area contributed by atoms with E-state index in [-0.39, 0.29) is 12.2 Å². The molecule has 0 aliphatic heterocycles. The summed E-state index contributed by atoms with van der Waals surface area (Å²) in [7, 11) is 0. The highest BCUT2D eigenvalue weighted by molar-refractivity contribution is 5.88. The normalized spacial score (nSPS) is 10.6. The zero-order valence-electron chi connectivity index (χ0n) is 9.03. The number of aromatic nitrogens is 4. The van der Waals surface area contributed by atoms with Crippen molar-refractivity contribution in [3.8, 4) is 0 Å². The summed E-state index contributed by atoms with van der Waals surface area (Å²) in [6, 6.07) is 0. The first-order chi connectivity index (χ1) is 8.66. The second-order valence-corrected chi connectivity index (χ2v) is 3.26. The number of alkyl halides is 2. The van der Waals surface area contributed by atoms with Crippen molar-refractivity contribution in [1.29, 1.82) is 0 Å². The largest absolute Gasteiger partial charge is 0.455 e. The van der Waals surface area contributed by atoms with Gasteiger partial charge in [-0.2, -0.15) is 13.9 Å². The third-order valence-corrected chi connectivity index (χ3v) is 2.00. The van der Waals surface area contributed by atoms with Crippen molar-refractivity contribution >= 4 is 5.97 Å². The molecule has 0 atom stereocenters. The first kappa shape index (κ1) is 12.1. The van der Waals surface area contributed by atoms with Crippen LogP contribution in [0.15, 0.2) is 31.0 Å². The van der Waals surface area contributed by atoms with E-state index in [1.807, 2.05) is 0 Å². The van der Waals surface area contributed by atoms with Gasteiger partial charge < -0.3 is 4.74 Å². The van der Waals surface area contributed by atoms with Crippen LogP contribution in [0.5, 0.6) is 0 Å². The fraction of sp³-hybridized carbons (Fsp3) is 0.200. The van der Waals surface area contributed by atoms with Crippen molar-refractivity contribution < 1.29 is 18.3 Å². The Morgan fingerprint density at radius 3 is 2.83 bits per heavy atom. The fourth-order valence-electron chi connectivity index (χ4n) is 1.18. The summed E-state index contributed by atoms with van der Waals surface area (Å²) < 4.78 is 29.7. The summed E-state index contributed by atoms with van der Waals surface area (Å²) >= 11 is 0. The number of nitrogens with zero attached hydrogens (tertiary/aromatic N) is 4. The standard InChI is InChI=1S/C10H8F2N4O2/c11-10(12)16-5-7(3-15-16)9(17)18-6-8-4-13-1-2-14-8/h1-5,10H,6H2. The van der Waals surface area contributed by atoms with Gasteiger partial charge in [-0.15, -0.1) is 0 Å². The highest BCUT2D eigenvalue weighted by Gasteiger charge is 2.14. The Balaban J connectivity index is 1.95. The van der Waals surface area contributed by atoms with Gasteiger partial charge in [0.25, 0.3) is 0 Å². The number of hydrogen-bond acceptors (Lipinski definition) is 5. The summed E-state index contributed by atoms with van der Waals surface area (Å²) in [6.45, 7) is -2.86. The number of ether oxygens (including phenoxy) is 1. The molecule has 8 heteroatoms. The maximum Gasteiger partial charge on any atom is 0.341 e. The van der Waals surface area contributed by atoms with Gasteiger partial charge in [-0.1, -0.05) is 0 Å². The highest BCUT2D eigenvalue weighted by atomic mass is 19.3. The minimum Gasteiger partial charge on any atom is -0.455 e. The first-order valence-corrected chi connectivity index (χ1v) is 4.91. The van der Waals surface area contributed by atoms with Crippen LogP contribution in [0.3, 0.4) is 0 Å². The van der Waals surface area contributed by atoms with Crippen molar-refractivity contribution in [1.82, 2.24) is 19.7 Å². The zero-order valence-corrected chi connectivity index (χ0v) is 9.03. The monoisotopic (exact) mass is 254 g/mol. The molecule has 0 fully saturated rings. The van der Waals surface area contributed by atoms with Crippen LogP contribution in [0, 0.1) is 0 Å². The topological polar surface area (TPSA) is 69.9 Å². The molecule has 0 saturated heterocycles. The van der Waals surface area contributed by atoms with Crippen molar-refractivity contribution in [3.63, 3.8) is 0 Å². The summed E-state index contributed by atoms with van der Waals surface area (Å²) in [5.74, 6) is -0.743. The fourth-order valence-corrected chi connectivity index (χ4v) is 1.18. The number of carbonyl (C=O) groups excluding carboxylic acids is 1. The van der Waals surface area contributed by atoms with Crippen molar-refractivity contribution in [3.05, 3.63) is 42.2 Å². The molecule has 0 N–H and O–H groups in total. The average Bonchev–Trinajstić information content (AvgIpc) is 2.87. The van der Waals surface area contributed by atoms with Gasteiger partial charge in [0.2, 0.25) is 0 Å². The molecule has 18 heavy (non-hydrogen) atoms. The molecule has 2 rings (SSSR count). The molecular formula is C10H8F2N4O2. The Labute approximate surface area is 100 Å². The SMILES string of the molecule is O=C(OCc1cnccn1)c1cnn(C(F)F)c1. The lowest BCUT2D eigenvalue weighted by Gasteiger charge is -2.01. The maximum absolute atomic E-state index is 12.2. The summed E-state index contributed by atoms with van der Waals surface area (Å²) in [5.41, 5.74) is 0.422. The number of rotatable bonds is 4. The van der Waals surface area contributed by atoms with Crippen molar-refractivity contribution in [2.45, 2.75) is 13.2 Å². The second kappa shape index (κ2) is 5.30. The maximum atomic E-state index is 12.2. The molecule has 0 spiro atoms. The molecule has 6 nitrogen and oxygen atoms in total. The molecule has 0 radical (unpaired) electrons. The summed E-state index contributed by atoms with van der Waals surface area (Å²) in [5, 5.41) is 3.33. The molecule has 0 aromatic carbocycles. The Hall–Kier alpha value is -2.38. The van der Waals surface area contributed by atoms with Crippen LogP contribution in [0.4, 0.5) is 8.78 Å². The van der Waals surface area contributed by atoms with E-state index >= 15 is 0 Å². The molecule has 0 saturated carbocycles. The number of carbonyl (C=O) groups is 1. The van der Waals surface area contributed by atoms with Gasteiger partial charge in [0.1, 0.15) is 6.61 Å². The van der Waals surface area contributed by atoms with E-state index in [0.29, 0.717) is 10.4 Å². The van der Waals surface area contributed by atoms with Crippen LogP contribution in [0.1, 0.15) is 22.6 Å². The lowest BCUT2D eigenvalue weighted by Crippen LogP contribution is -2.05. The molecule has 0 amide bonds. The molecule has 0 aliphatic carbocycles. The van der Waals surface area contributed by atoms with E-state index in [1.165, 1.54) is 18.6 Å². The minimum absolute atomic E-state index is 0.0424. The summed E-state index contributed by atoms with van der Waals surface area (Å²) in [6.07, 6.45) is 6.32. The van der Waals surface area contributed by atoms with E-state index in [4.69, 9.17) is 4.74 Å². The van der Waals surface area contributed by atoms with E-state index < -0.39 is 12.5 Å². The molecule has 2 heterocycles. The van der Waals surface area contributed by atoms with Gasteiger partial charge in [-0.3, -0.25) is 9.97 Å². The quantitative estimate of drug-likeness (QED) is 0.772. The lowest BCUT2D eigenvalue weighted by atomic mass is 10.4. The molecule has 2 aromatic heterocycles. The highest BCUT2D eigenvalue weighted by Crippen LogP contribution is 2.10. The Bertz CT molecular complexity index is 530. The Kier molecular flexibility index (Phi) is 3.56. The van der Waals surface area contributed by atoms with Crippen LogP contribution in [-0.4, -0.2) is 25.7 Å². The molecular weight excluding hydrogens is 246 g/mol. The Morgan fingerprint density at radius 2 is 2.22 bits per heavy atom. The van der Waals surface area contributed by atoms with Crippen molar-refractivity contribution in [2.24, 2.45) is 0 Å². The van der Waals surface area contributed by atoms with E-state index in [2.05, 4.69) is 15.1 Å². The minimum atomic E-state index is -2.79. The average molecular weight is 254 g/mol. The number of halogens is 2. The van der Waals surface area contributed by atoms with Gasteiger partial charge in [0, 0.05) is 18.6 Å². The van der Waals surface area contributed by atoms with Crippen LogP contribution >= 0.6 is 0 Å². The van der Waals surface area contributed by atoms with Gasteiger partial charge in [-0.05, 0) is 0 Å². The van der Waals surface area contributed by atoms with E-state index in [1.54, 1.807) is 0 Å². The number of esters is 1. The van der Waals surface area contributed by atoms with Gasteiger partial charge >= 0.3 is 12.5 Å². The Morgan fingerprint density at radius 1 is 1.39 bits per heavy atom. The van der Waals surface area contributed by atoms with Crippen molar-refractivity contribution in [2.75, 3.05) is 0 Å². The van der Waals surface area contributed by atoms with Crippen LogP contribution < -0.4 is 0 Å². The molecule has 0 bridgehead atoms. The van der Waals surface area contributed by atoms with Gasteiger partial charge in [0.15, 0.2) is 0 Å². The predicted octanol–water partition coefficient (Wildman–Crippen LogP) is 1.43. The van der Waals surface area contributed by atoms with Crippen LogP contribution in [0.2, 0.25) is 0 Å². The smallest absolute Gasteiger partial charge is 0.341 e. The second-order valence-electron chi connectivity index (χ2n) is 3.26. The molecule has 0 aliphatic rings. The van der Waals surface area contributed by atoms with Gasteiger partial charge in [-0.25, -0.2) is 9.48 Å². The first-order valence-electron chi connectivity index (χ1n) is 4.91. The van der Waals surface area contributed by atoms with Crippen LogP contribution in [0.25, 0.3) is 0 Å². The molecule has 0 unspecified atom stereocenters. The third kappa shape index (κ3) is 2.84. The van der Waals surface area contributed by atoms with E-state index in [9.17, 15) is 13.6 Å². The summed E-state index contributed by atoms with van der Waals surface area (Å²) in [4.78, 5) is 19.2. The molecule has 94 valence electrons. The molecule has 2 aromatic rings. The predicted molar refractivity (Wildman–Crippen MR) is 54.6 cm³/mol. The lowest BCUT2D eigenvalue weighted by molar-refractivity contribution is 0.0462.